The summed E-state index contributed by atoms with van der Waals surface area (Å²) in [4.78, 5) is 33.3. The highest BCUT2D eigenvalue weighted by Crippen LogP contribution is 2.27. The number of nitrogens with zero attached hydrogens (tertiary/aromatic N) is 5. The number of amides is 1. The first kappa shape index (κ1) is 19.7. The molecule has 0 aliphatic carbocycles. The van der Waals surface area contributed by atoms with Gasteiger partial charge in [-0.1, -0.05) is 6.07 Å². The van der Waals surface area contributed by atoms with Gasteiger partial charge >= 0.3 is 0 Å². The van der Waals surface area contributed by atoms with Crippen LogP contribution in [0.3, 0.4) is 0 Å². The maximum Gasteiger partial charge on any atom is 0.296 e. The number of aromatic hydroxyl groups is 1. The summed E-state index contributed by atoms with van der Waals surface area (Å²) in [5.74, 6) is -1.69. The summed E-state index contributed by atoms with van der Waals surface area (Å²) in [6.07, 6.45) is 2.71. The Bertz CT molecular complexity index is 1170. The van der Waals surface area contributed by atoms with E-state index < -0.39 is 34.3 Å². The van der Waals surface area contributed by atoms with Crippen LogP contribution in [0.1, 0.15) is 35.7 Å². The molecule has 0 spiro atoms. The van der Waals surface area contributed by atoms with Crippen LogP contribution in [-0.2, 0) is 23.4 Å². The minimum Gasteiger partial charge on any atom is -0.501 e. The van der Waals surface area contributed by atoms with Crippen molar-refractivity contribution in [1.29, 1.82) is 0 Å². The van der Waals surface area contributed by atoms with Gasteiger partial charge in [0.2, 0.25) is 5.75 Å². The Labute approximate surface area is 170 Å². The predicted molar refractivity (Wildman–Crippen MR) is 102 cm³/mol. The van der Waals surface area contributed by atoms with Crippen molar-refractivity contribution in [2.45, 2.75) is 32.5 Å². The molecule has 1 aromatic carbocycles. The second-order valence-electron chi connectivity index (χ2n) is 7.24. The molecule has 10 nitrogen and oxygen atoms in total. The molecule has 2 N–H and O–H groups in total. The van der Waals surface area contributed by atoms with Crippen molar-refractivity contribution in [3.63, 3.8) is 0 Å². The molecule has 1 amide bonds. The highest BCUT2D eigenvalue weighted by Gasteiger charge is 2.34. The summed E-state index contributed by atoms with van der Waals surface area (Å²) >= 11 is 0. The summed E-state index contributed by atoms with van der Waals surface area (Å²) in [7, 11) is 0. The molecule has 4 rings (SSSR count). The molecule has 0 saturated carbocycles. The number of rotatable bonds is 4. The topological polar surface area (TPSA) is 124 Å². The highest BCUT2D eigenvalue weighted by atomic mass is 19.1. The van der Waals surface area contributed by atoms with Crippen LogP contribution in [0.4, 0.5) is 4.39 Å². The first-order valence-corrected chi connectivity index (χ1v) is 9.18. The van der Waals surface area contributed by atoms with Gasteiger partial charge in [0.05, 0.1) is 18.8 Å². The summed E-state index contributed by atoms with van der Waals surface area (Å²) in [6, 6.07) is 4.01. The second-order valence-corrected chi connectivity index (χ2v) is 7.24. The van der Waals surface area contributed by atoms with Crippen molar-refractivity contribution < 1.29 is 19.0 Å². The number of hydrogen-bond donors (Lipinski definition) is 2. The van der Waals surface area contributed by atoms with E-state index >= 15 is 0 Å². The number of halogens is 1. The highest BCUT2D eigenvalue weighted by molar-refractivity contribution is 5.94. The monoisotopic (exact) mass is 414 g/mol. The molecule has 0 unspecified atom stereocenters. The van der Waals surface area contributed by atoms with Crippen molar-refractivity contribution in [3.05, 3.63) is 64.1 Å². The van der Waals surface area contributed by atoms with Gasteiger partial charge in [-0.05, 0) is 31.5 Å². The Balaban J connectivity index is 1.64. The third-order valence-corrected chi connectivity index (χ3v) is 4.83. The van der Waals surface area contributed by atoms with Gasteiger partial charge in [0, 0.05) is 6.54 Å². The Morgan fingerprint density at radius 2 is 2.20 bits per heavy atom. The number of fused-ring (bicyclic) bond motifs is 1. The number of nitrogens with one attached hydrogen (secondary N) is 1. The predicted octanol–water partition coefficient (Wildman–Crippen LogP) is 0.864. The lowest BCUT2D eigenvalue weighted by atomic mass is 10.1. The van der Waals surface area contributed by atoms with Crippen LogP contribution in [0.5, 0.6) is 5.75 Å². The molecule has 2 aromatic heterocycles. The maximum atomic E-state index is 13.7. The zero-order valence-electron chi connectivity index (χ0n) is 16.3. The molecular formula is C19H19FN6O4. The molecule has 11 heteroatoms. The molecule has 3 heterocycles. The zero-order chi connectivity index (χ0) is 21.5. The molecule has 0 saturated heterocycles. The van der Waals surface area contributed by atoms with Gasteiger partial charge in [-0.25, -0.2) is 19.0 Å². The zero-order valence-corrected chi connectivity index (χ0v) is 16.3. The smallest absolute Gasteiger partial charge is 0.296 e. The molecule has 1 aliphatic rings. The van der Waals surface area contributed by atoms with Crippen LogP contribution < -0.4 is 10.9 Å². The van der Waals surface area contributed by atoms with Gasteiger partial charge in [-0.3, -0.25) is 14.2 Å². The molecule has 3 aromatic rings. The van der Waals surface area contributed by atoms with E-state index in [0.29, 0.717) is 17.9 Å². The van der Waals surface area contributed by atoms with Crippen LogP contribution >= 0.6 is 0 Å². The number of aromatic nitrogens is 5. The van der Waals surface area contributed by atoms with Crippen LogP contribution in [-0.4, -0.2) is 41.9 Å². The van der Waals surface area contributed by atoms with Crippen LogP contribution in [0.2, 0.25) is 0 Å². The molecule has 0 radical (unpaired) electrons. The van der Waals surface area contributed by atoms with E-state index in [1.807, 2.05) is 0 Å². The van der Waals surface area contributed by atoms with Gasteiger partial charge in [0.1, 0.15) is 29.9 Å². The SMILES string of the molecule is CC1(C)OCCn2c1nc(C(=O)NCc1ccc(F)cc1-n1cncn1)c(O)c2=O. The fourth-order valence-corrected chi connectivity index (χ4v) is 3.32. The van der Waals surface area contributed by atoms with Gasteiger partial charge in [-0.15, -0.1) is 0 Å². The summed E-state index contributed by atoms with van der Waals surface area (Å²) in [6.45, 7) is 3.96. The van der Waals surface area contributed by atoms with E-state index in [-0.39, 0.29) is 18.9 Å². The van der Waals surface area contributed by atoms with E-state index in [4.69, 9.17) is 4.74 Å². The van der Waals surface area contributed by atoms with Crippen molar-refractivity contribution in [3.8, 4) is 11.4 Å². The normalized spacial score (nSPS) is 14.9. The maximum absolute atomic E-state index is 13.7. The Morgan fingerprint density at radius 1 is 1.40 bits per heavy atom. The van der Waals surface area contributed by atoms with Gasteiger partial charge < -0.3 is 15.2 Å². The first-order valence-electron chi connectivity index (χ1n) is 9.18. The lowest BCUT2D eigenvalue weighted by molar-refractivity contribution is -0.0566. The van der Waals surface area contributed by atoms with E-state index in [1.165, 1.54) is 40.1 Å². The third-order valence-electron chi connectivity index (χ3n) is 4.83. The summed E-state index contributed by atoms with van der Waals surface area (Å²) < 4.78 is 22.0. The molecule has 156 valence electrons. The van der Waals surface area contributed by atoms with E-state index in [0.717, 1.165) is 0 Å². The quantitative estimate of drug-likeness (QED) is 0.649. The van der Waals surface area contributed by atoms with Crippen LogP contribution in [0, 0.1) is 5.82 Å². The average Bonchev–Trinajstić information content (AvgIpc) is 3.24. The lowest BCUT2D eigenvalue weighted by Gasteiger charge is -2.32. The number of benzene rings is 1. The minimum absolute atomic E-state index is 0.0201. The van der Waals surface area contributed by atoms with Gasteiger partial charge in [0.15, 0.2) is 5.69 Å². The average molecular weight is 414 g/mol. The number of ether oxygens (including phenoxy) is 1. The Morgan fingerprint density at radius 3 is 2.93 bits per heavy atom. The molecule has 0 fully saturated rings. The molecule has 0 bridgehead atoms. The first-order chi connectivity index (χ1) is 14.3. The molecule has 0 atom stereocenters. The van der Waals surface area contributed by atoms with E-state index in [2.05, 4.69) is 20.4 Å². The van der Waals surface area contributed by atoms with Crippen LogP contribution in [0.15, 0.2) is 35.6 Å². The summed E-state index contributed by atoms with van der Waals surface area (Å²) in [5.41, 5.74) is -1.05. The van der Waals surface area contributed by atoms with Crippen molar-refractivity contribution in [1.82, 2.24) is 29.6 Å². The van der Waals surface area contributed by atoms with Crippen molar-refractivity contribution in [2.24, 2.45) is 0 Å². The number of carbonyl (C=O) groups excluding carboxylic acids is 1. The Hall–Kier alpha value is -3.60. The van der Waals surface area contributed by atoms with Crippen molar-refractivity contribution in [2.75, 3.05) is 6.61 Å². The largest absolute Gasteiger partial charge is 0.501 e. The molecule has 1 aliphatic heterocycles. The molecular weight excluding hydrogens is 395 g/mol. The van der Waals surface area contributed by atoms with Gasteiger partial charge in [-0.2, -0.15) is 5.10 Å². The minimum atomic E-state index is -0.892. The van der Waals surface area contributed by atoms with E-state index in [9.17, 15) is 19.1 Å². The standard InChI is InChI=1S/C19H19FN6O4/c1-19(2)18-24-14(15(27)17(29)25(18)5-6-30-19)16(28)22-8-11-3-4-12(20)7-13(11)26-10-21-9-23-26/h3-4,7,9-10,27H,5-6,8H2,1-2H3,(H,22,28). The van der Waals surface area contributed by atoms with Crippen molar-refractivity contribution >= 4 is 5.91 Å². The summed E-state index contributed by atoms with van der Waals surface area (Å²) in [5, 5.41) is 16.8. The third kappa shape index (κ3) is 3.43. The fraction of sp³-hybridized carbons (Fsp3) is 0.316. The number of carbonyl (C=O) groups is 1. The van der Waals surface area contributed by atoms with Crippen LogP contribution in [0.25, 0.3) is 5.69 Å². The fourth-order valence-electron chi connectivity index (χ4n) is 3.32. The van der Waals surface area contributed by atoms with Gasteiger partial charge in [0.25, 0.3) is 11.5 Å². The molecule has 30 heavy (non-hydrogen) atoms. The Kier molecular flexibility index (Phi) is 4.82. The lowest BCUT2D eigenvalue weighted by Crippen LogP contribution is -2.42. The second kappa shape index (κ2) is 7.34. The number of hydrogen-bond acceptors (Lipinski definition) is 7. The van der Waals surface area contributed by atoms with E-state index in [1.54, 1.807) is 13.8 Å².